The summed E-state index contributed by atoms with van der Waals surface area (Å²) in [5.74, 6) is -0.591. The van der Waals surface area contributed by atoms with E-state index in [1.807, 2.05) is 0 Å². The fourth-order valence-electron chi connectivity index (χ4n) is 2.62. The number of nitrogens with one attached hydrogen (secondary N) is 1. The Balaban J connectivity index is 1.98. The number of amides is 1. The minimum absolute atomic E-state index is 0.109. The van der Waals surface area contributed by atoms with Crippen LogP contribution >= 0.6 is 11.8 Å². The van der Waals surface area contributed by atoms with E-state index in [1.165, 1.54) is 24.9 Å². The van der Waals surface area contributed by atoms with Crippen molar-refractivity contribution in [1.29, 1.82) is 0 Å². The van der Waals surface area contributed by atoms with Gasteiger partial charge in [0.25, 0.3) is 5.56 Å². The van der Waals surface area contributed by atoms with Crippen molar-refractivity contribution in [3.63, 3.8) is 0 Å². The number of thioether (sulfide) groups is 1. The molecule has 0 aliphatic rings. The summed E-state index contributed by atoms with van der Waals surface area (Å²) in [5, 5.41) is 2.77. The molecule has 3 rings (SSSR count). The number of carbonyl (C=O) groups is 2. The fraction of sp³-hybridized carbons (Fsp3) is 0.333. The normalized spacial score (nSPS) is 10.9. The Morgan fingerprint density at radius 3 is 2.67 bits per heavy atom. The zero-order chi connectivity index (χ0) is 21.8. The van der Waals surface area contributed by atoms with Crippen LogP contribution in [-0.4, -0.2) is 49.9 Å². The number of esters is 1. The Kier molecular flexibility index (Phi) is 6.35. The molecule has 0 fully saturated rings. The second-order valence-corrected chi connectivity index (χ2v) is 7.07. The Hall–Kier alpha value is -3.41. The van der Waals surface area contributed by atoms with Gasteiger partial charge < -0.3 is 14.5 Å². The van der Waals surface area contributed by atoms with Crippen molar-refractivity contribution >= 4 is 34.7 Å². The SMILES string of the molecule is CCOC(=O)CNC(=O)CSc1nc(-c2ccco2)nc2c1c(=O)n(C)c(=O)n2C. The van der Waals surface area contributed by atoms with Gasteiger partial charge in [0.1, 0.15) is 17.0 Å². The van der Waals surface area contributed by atoms with Crippen molar-refractivity contribution in [3.05, 3.63) is 39.2 Å². The van der Waals surface area contributed by atoms with E-state index in [-0.39, 0.29) is 40.8 Å². The van der Waals surface area contributed by atoms with Crippen LogP contribution in [0.3, 0.4) is 0 Å². The van der Waals surface area contributed by atoms with Crippen LogP contribution in [-0.2, 0) is 28.4 Å². The molecule has 0 saturated carbocycles. The first-order valence-electron chi connectivity index (χ1n) is 8.90. The fourth-order valence-corrected chi connectivity index (χ4v) is 3.46. The van der Waals surface area contributed by atoms with Gasteiger partial charge in [-0.2, -0.15) is 0 Å². The molecule has 0 spiro atoms. The van der Waals surface area contributed by atoms with Crippen LogP contribution in [0.1, 0.15) is 6.92 Å². The molecule has 3 aromatic heterocycles. The molecule has 1 amide bonds. The van der Waals surface area contributed by atoms with E-state index in [9.17, 15) is 19.2 Å². The zero-order valence-electron chi connectivity index (χ0n) is 16.5. The Morgan fingerprint density at radius 1 is 1.23 bits per heavy atom. The lowest BCUT2D eigenvalue weighted by atomic mass is 10.3. The summed E-state index contributed by atoms with van der Waals surface area (Å²) < 4.78 is 12.3. The molecule has 30 heavy (non-hydrogen) atoms. The van der Waals surface area contributed by atoms with Gasteiger partial charge in [-0.25, -0.2) is 14.8 Å². The predicted octanol–water partition coefficient (Wildman–Crippen LogP) is 0.0586. The van der Waals surface area contributed by atoms with Crippen LogP contribution in [0, 0.1) is 0 Å². The van der Waals surface area contributed by atoms with Gasteiger partial charge >= 0.3 is 11.7 Å². The smallest absolute Gasteiger partial charge is 0.332 e. The highest BCUT2D eigenvalue weighted by Gasteiger charge is 2.20. The molecular formula is C18H19N5O6S. The molecule has 0 aliphatic heterocycles. The molecular weight excluding hydrogens is 414 g/mol. The number of fused-ring (bicyclic) bond motifs is 1. The molecule has 158 valence electrons. The van der Waals surface area contributed by atoms with Crippen molar-refractivity contribution in [1.82, 2.24) is 24.4 Å². The van der Waals surface area contributed by atoms with Crippen LogP contribution < -0.4 is 16.6 Å². The number of nitrogens with zero attached hydrogens (tertiary/aromatic N) is 4. The monoisotopic (exact) mass is 433 g/mol. The van der Waals surface area contributed by atoms with Gasteiger partial charge in [0.2, 0.25) is 5.91 Å². The summed E-state index contributed by atoms with van der Waals surface area (Å²) in [5.41, 5.74) is -0.993. The Morgan fingerprint density at radius 2 is 2.00 bits per heavy atom. The average Bonchev–Trinajstić information content (AvgIpc) is 3.27. The van der Waals surface area contributed by atoms with E-state index in [1.54, 1.807) is 19.1 Å². The van der Waals surface area contributed by atoms with Crippen molar-refractivity contribution in [2.24, 2.45) is 14.1 Å². The third-order valence-electron chi connectivity index (χ3n) is 4.08. The van der Waals surface area contributed by atoms with Crippen LogP contribution in [0.25, 0.3) is 22.6 Å². The lowest BCUT2D eigenvalue weighted by Gasteiger charge is -2.11. The highest BCUT2D eigenvalue weighted by molar-refractivity contribution is 8.00. The summed E-state index contributed by atoms with van der Waals surface area (Å²) >= 11 is 0.986. The molecule has 0 bridgehead atoms. The largest absolute Gasteiger partial charge is 0.465 e. The van der Waals surface area contributed by atoms with Gasteiger partial charge in [-0.1, -0.05) is 11.8 Å². The molecule has 3 heterocycles. The summed E-state index contributed by atoms with van der Waals surface area (Å²) in [6, 6.07) is 3.29. The predicted molar refractivity (Wildman–Crippen MR) is 108 cm³/mol. The van der Waals surface area contributed by atoms with E-state index in [0.29, 0.717) is 5.76 Å². The molecule has 0 radical (unpaired) electrons. The van der Waals surface area contributed by atoms with Crippen molar-refractivity contribution in [3.8, 4) is 11.6 Å². The zero-order valence-corrected chi connectivity index (χ0v) is 17.3. The number of hydrogen-bond donors (Lipinski definition) is 1. The third kappa shape index (κ3) is 4.27. The van der Waals surface area contributed by atoms with Gasteiger partial charge in [0.15, 0.2) is 17.2 Å². The minimum atomic E-state index is -0.575. The molecule has 12 heteroatoms. The van der Waals surface area contributed by atoms with Gasteiger partial charge in [-0.15, -0.1) is 0 Å². The number of rotatable bonds is 7. The summed E-state index contributed by atoms with van der Waals surface area (Å²) in [4.78, 5) is 57.2. The minimum Gasteiger partial charge on any atom is -0.465 e. The van der Waals surface area contributed by atoms with Crippen molar-refractivity contribution in [2.75, 3.05) is 18.9 Å². The molecule has 0 atom stereocenters. The number of aryl methyl sites for hydroxylation is 1. The topological polar surface area (TPSA) is 138 Å². The molecule has 11 nitrogen and oxygen atoms in total. The average molecular weight is 433 g/mol. The van der Waals surface area contributed by atoms with Crippen molar-refractivity contribution in [2.45, 2.75) is 11.9 Å². The van der Waals surface area contributed by atoms with Gasteiger partial charge in [-0.3, -0.25) is 23.5 Å². The number of aromatic nitrogens is 4. The summed E-state index contributed by atoms with van der Waals surface area (Å²) in [7, 11) is 2.84. The van der Waals surface area contributed by atoms with Crippen LogP contribution in [0.2, 0.25) is 0 Å². The number of ether oxygens (including phenoxy) is 1. The maximum absolute atomic E-state index is 12.7. The standard InChI is InChI=1S/C18H19N5O6S/c1-4-28-12(25)8-19-11(24)9-30-16-13-15(22(2)18(27)23(3)17(13)26)20-14(21-16)10-6-5-7-29-10/h5-7H,4,8-9H2,1-3H3,(H,19,24). The number of furan rings is 1. The second-order valence-electron chi connectivity index (χ2n) is 6.10. The van der Waals surface area contributed by atoms with Crippen LogP contribution in [0.4, 0.5) is 0 Å². The summed E-state index contributed by atoms with van der Waals surface area (Å²) in [6.45, 7) is 1.62. The van der Waals surface area contributed by atoms with Gasteiger partial charge in [0.05, 0.1) is 18.6 Å². The van der Waals surface area contributed by atoms with E-state index >= 15 is 0 Å². The first kappa shape index (κ1) is 21.3. The highest BCUT2D eigenvalue weighted by Crippen LogP contribution is 2.26. The first-order chi connectivity index (χ1) is 14.3. The van der Waals surface area contributed by atoms with Crippen LogP contribution in [0.15, 0.2) is 37.4 Å². The molecule has 0 aromatic carbocycles. The van der Waals surface area contributed by atoms with E-state index in [4.69, 9.17) is 9.15 Å². The van der Waals surface area contributed by atoms with E-state index in [0.717, 1.165) is 16.3 Å². The molecule has 1 N–H and O–H groups in total. The van der Waals surface area contributed by atoms with Crippen molar-refractivity contribution < 1.29 is 18.7 Å². The maximum Gasteiger partial charge on any atom is 0.332 e. The molecule has 0 saturated heterocycles. The molecule has 0 unspecified atom stereocenters. The van der Waals surface area contributed by atoms with Gasteiger partial charge in [-0.05, 0) is 19.1 Å². The molecule has 0 aliphatic carbocycles. The third-order valence-corrected chi connectivity index (χ3v) is 5.06. The quantitative estimate of drug-likeness (QED) is 0.311. The maximum atomic E-state index is 12.7. The Bertz CT molecular complexity index is 1210. The van der Waals surface area contributed by atoms with Gasteiger partial charge in [0, 0.05) is 14.1 Å². The molecule has 3 aromatic rings. The Labute approximate surface area is 174 Å². The lowest BCUT2D eigenvalue weighted by molar-refractivity contribution is -0.143. The highest BCUT2D eigenvalue weighted by atomic mass is 32.2. The number of carbonyl (C=O) groups excluding carboxylic acids is 2. The second kappa shape index (κ2) is 8.95. The first-order valence-corrected chi connectivity index (χ1v) is 9.88. The van der Waals surface area contributed by atoms with E-state index < -0.39 is 23.1 Å². The lowest BCUT2D eigenvalue weighted by Crippen LogP contribution is -2.37. The number of hydrogen-bond acceptors (Lipinski definition) is 9. The van der Waals surface area contributed by atoms with E-state index in [2.05, 4.69) is 15.3 Å². The summed E-state index contributed by atoms with van der Waals surface area (Å²) in [6.07, 6.45) is 1.45. The van der Waals surface area contributed by atoms with Crippen LogP contribution in [0.5, 0.6) is 0 Å².